The van der Waals surface area contributed by atoms with Crippen molar-refractivity contribution in [3.05, 3.63) is 23.8 Å². The molecule has 0 saturated heterocycles. The Morgan fingerprint density at radius 3 is 2.59 bits per heavy atom. The van der Waals surface area contributed by atoms with Gasteiger partial charge in [-0.05, 0) is 36.5 Å². The zero-order chi connectivity index (χ0) is 12.6. The van der Waals surface area contributed by atoms with Crippen LogP contribution in [0.15, 0.2) is 18.2 Å². The molecule has 1 saturated carbocycles. The van der Waals surface area contributed by atoms with Gasteiger partial charge in [0.2, 0.25) is 0 Å². The molecular weight excluding hydrogens is 229 g/mol. The molecule has 1 aromatic rings. The first-order valence-corrected chi connectivity index (χ1v) is 5.58. The molecule has 3 N–H and O–H groups in total. The molecule has 94 valence electrons. The molecule has 0 bridgehead atoms. The molecule has 0 radical (unpaired) electrons. The highest BCUT2D eigenvalue weighted by molar-refractivity contribution is 5.58. The predicted octanol–water partition coefficient (Wildman–Crippen LogP) is 3.36. The van der Waals surface area contributed by atoms with Gasteiger partial charge in [-0.1, -0.05) is 6.92 Å². The summed E-state index contributed by atoms with van der Waals surface area (Å²) in [6.45, 7) is 2.86. The van der Waals surface area contributed by atoms with Crippen molar-refractivity contribution in [2.24, 2.45) is 11.8 Å². The van der Waals surface area contributed by atoms with Gasteiger partial charge < -0.3 is 11.1 Å². The molecule has 2 rings (SSSR count). The van der Waals surface area contributed by atoms with Gasteiger partial charge in [-0.3, -0.25) is 0 Å². The van der Waals surface area contributed by atoms with E-state index in [0.29, 0.717) is 17.5 Å². The SMILES string of the molecule is CC1CC1CNc1ccc(N)c(C(F)(F)F)c1. The van der Waals surface area contributed by atoms with Crippen molar-refractivity contribution in [1.82, 2.24) is 0 Å². The molecule has 0 heterocycles. The second-order valence-electron chi connectivity index (χ2n) is 4.65. The molecule has 1 aliphatic rings. The van der Waals surface area contributed by atoms with Gasteiger partial charge in [-0.25, -0.2) is 0 Å². The summed E-state index contributed by atoms with van der Waals surface area (Å²) < 4.78 is 37.8. The number of nitrogens with one attached hydrogen (secondary N) is 1. The van der Waals surface area contributed by atoms with Gasteiger partial charge >= 0.3 is 6.18 Å². The summed E-state index contributed by atoms with van der Waals surface area (Å²) in [5, 5.41) is 3.02. The predicted molar refractivity (Wildman–Crippen MR) is 61.6 cm³/mol. The van der Waals surface area contributed by atoms with Crippen molar-refractivity contribution in [3.8, 4) is 0 Å². The normalized spacial score (nSPS) is 23.5. The number of rotatable bonds is 3. The molecule has 0 amide bonds. The Morgan fingerprint density at radius 2 is 2.06 bits per heavy atom. The molecule has 1 aliphatic carbocycles. The van der Waals surface area contributed by atoms with Crippen molar-refractivity contribution in [2.45, 2.75) is 19.5 Å². The highest BCUT2D eigenvalue weighted by atomic mass is 19.4. The molecular formula is C12H15F3N2. The third-order valence-corrected chi connectivity index (χ3v) is 3.20. The summed E-state index contributed by atoms with van der Waals surface area (Å²) in [6.07, 6.45) is -3.25. The standard InChI is InChI=1S/C12H15F3N2/c1-7-4-8(7)6-17-9-2-3-11(16)10(5-9)12(13,14)15/h2-3,5,7-8,17H,4,6,16H2,1H3. The van der Waals surface area contributed by atoms with Crippen LogP contribution in [0.3, 0.4) is 0 Å². The Balaban J connectivity index is 2.08. The van der Waals surface area contributed by atoms with Crippen LogP contribution in [0.25, 0.3) is 0 Å². The monoisotopic (exact) mass is 244 g/mol. The highest BCUT2D eigenvalue weighted by Crippen LogP contribution is 2.38. The lowest BCUT2D eigenvalue weighted by Crippen LogP contribution is -2.11. The van der Waals surface area contributed by atoms with Crippen LogP contribution in [-0.2, 0) is 6.18 Å². The van der Waals surface area contributed by atoms with E-state index in [1.165, 1.54) is 6.07 Å². The van der Waals surface area contributed by atoms with Crippen molar-refractivity contribution >= 4 is 11.4 Å². The van der Waals surface area contributed by atoms with Gasteiger partial charge in [0.15, 0.2) is 0 Å². The molecule has 0 spiro atoms. The van der Waals surface area contributed by atoms with E-state index in [1.807, 2.05) is 0 Å². The van der Waals surface area contributed by atoms with Crippen molar-refractivity contribution in [2.75, 3.05) is 17.6 Å². The van der Waals surface area contributed by atoms with Crippen LogP contribution in [0.5, 0.6) is 0 Å². The number of anilines is 2. The molecule has 1 aromatic carbocycles. The smallest absolute Gasteiger partial charge is 0.398 e. The maximum absolute atomic E-state index is 12.6. The Bertz CT molecular complexity index is 415. The van der Waals surface area contributed by atoms with Crippen LogP contribution in [0.4, 0.5) is 24.5 Å². The number of nitrogen functional groups attached to an aromatic ring is 1. The number of nitrogens with two attached hydrogens (primary N) is 1. The molecule has 0 aliphatic heterocycles. The molecule has 2 unspecified atom stereocenters. The Kier molecular flexibility index (Phi) is 2.93. The lowest BCUT2D eigenvalue weighted by atomic mass is 10.1. The molecule has 2 nitrogen and oxygen atoms in total. The van der Waals surface area contributed by atoms with Gasteiger partial charge in [0.1, 0.15) is 0 Å². The minimum absolute atomic E-state index is 0.233. The van der Waals surface area contributed by atoms with Crippen molar-refractivity contribution in [1.29, 1.82) is 0 Å². The van der Waals surface area contributed by atoms with E-state index in [2.05, 4.69) is 12.2 Å². The molecule has 0 aromatic heterocycles. The third-order valence-electron chi connectivity index (χ3n) is 3.20. The summed E-state index contributed by atoms with van der Waals surface area (Å²) in [4.78, 5) is 0. The average Bonchev–Trinajstić information content (AvgIpc) is 2.92. The fourth-order valence-electron chi connectivity index (χ4n) is 1.84. The van der Waals surface area contributed by atoms with Crippen molar-refractivity contribution < 1.29 is 13.2 Å². The van der Waals surface area contributed by atoms with E-state index < -0.39 is 11.7 Å². The lowest BCUT2D eigenvalue weighted by molar-refractivity contribution is -0.136. The van der Waals surface area contributed by atoms with E-state index in [-0.39, 0.29) is 5.69 Å². The fourth-order valence-corrected chi connectivity index (χ4v) is 1.84. The second kappa shape index (κ2) is 4.13. The number of hydrogen-bond acceptors (Lipinski definition) is 2. The first-order chi connectivity index (χ1) is 7.88. The Labute approximate surface area is 98.0 Å². The fraction of sp³-hybridized carbons (Fsp3) is 0.500. The minimum Gasteiger partial charge on any atom is -0.398 e. The molecule has 5 heteroatoms. The quantitative estimate of drug-likeness (QED) is 0.800. The van der Waals surface area contributed by atoms with Crippen LogP contribution in [0.2, 0.25) is 0 Å². The van der Waals surface area contributed by atoms with Gasteiger partial charge in [0.25, 0.3) is 0 Å². The maximum Gasteiger partial charge on any atom is 0.418 e. The van der Waals surface area contributed by atoms with E-state index in [0.717, 1.165) is 19.0 Å². The van der Waals surface area contributed by atoms with Crippen LogP contribution < -0.4 is 11.1 Å². The number of halogens is 3. The summed E-state index contributed by atoms with van der Waals surface area (Å²) in [5.74, 6) is 1.26. The summed E-state index contributed by atoms with van der Waals surface area (Å²) >= 11 is 0. The minimum atomic E-state index is -4.39. The lowest BCUT2D eigenvalue weighted by Gasteiger charge is -2.13. The maximum atomic E-state index is 12.6. The molecule has 17 heavy (non-hydrogen) atoms. The first kappa shape index (κ1) is 12.1. The second-order valence-corrected chi connectivity index (χ2v) is 4.65. The first-order valence-electron chi connectivity index (χ1n) is 5.58. The largest absolute Gasteiger partial charge is 0.418 e. The van der Waals surface area contributed by atoms with Crippen LogP contribution >= 0.6 is 0 Å². The van der Waals surface area contributed by atoms with Gasteiger partial charge in [-0.15, -0.1) is 0 Å². The van der Waals surface area contributed by atoms with E-state index in [9.17, 15) is 13.2 Å². The molecule has 1 fully saturated rings. The zero-order valence-electron chi connectivity index (χ0n) is 9.51. The zero-order valence-corrected chi connectivity index (χ0v) is 9.51. The number of hydrogen-bond donors (Lipinski definition) is 2. The average molecular weight is 244 g/mol. The summed E-state index contributed by atoms with van der Waals surface area (Å²) in [7, 11) is 0. The Morgan fingerprint density at radius 1 is 1.41 bits per heavy atom. The molecule has 2 atom stereocenters. The van der Waals surface area contributed by atoms with Crippen molar-refractivity contribution in [3.63, 3.8) is 0 Å². The van der Waals surface area contributed by atoms with Crippen LogP contribution in [0.1, 0.15) is 18.9 Å². The Hall–Kier alpha value is -1.39. The summed E-state index contributed by atoms with van der Waals surface area (Å²) in [6, 6.07) is 3.95. The summed E-state index contributed by atoms with van der Waals surface area (Å²) in [5.41, 5.74) is 4.79. The number of alkyl halides is 3. The topological polar surface area (TPSA) is 38.0 Å². The van der Waals surface area contributed by atoms with Gasteiger partial charge in [0, 0.05) is 17.9 Å². The van der Waals surface area contributed by atoms with E-state index in [1.54, 1.807) is 6.07 Å². The van der Waals surface area contributed by atoms with Crippen LogP contribution in [-0.4, -0.2) is 6.54 Å². The van der Waals surface area contributed by atoms with E-state index in [4.69, 9.17) is 5.73 Å². The number of benzene rings is 1. The van der Waals surface area contributed by atoms with Crippen LogP contribution in [0, 0.1) is 11.8 Å². The highest BCUT2D eigenvalue weighted by Gasteiger charge is 2.34. The van der Waals surface area contributed by atoms with E-state index >= 15 is 0 Å². The third kappa shape index (κ3) is 2.84. The van der Waals surface area contributed by atoms with Gasteiger partial charge in [-0.2, -0.15) is 13.2 Å². The van der Waals surface area contributed by atoms with Gasteiger partial charge in [0.05, 0.1) is 5.56 Å².